The van der Waals surface area contributed by atoms with E-state index in [1.807, 2.05) is 36.5 Å². The lowest BCUT2D eigenvalue weighted by molar-refractivity contribution is -0.274. The summed E-state index contributed by atoms with van der Waals surface area (Å²) in [5, 5.41) is 7.70. The van der Waals surface area contributed by atoms with Crippen molar-refractivity contribution in [1.82, 2.24) is 14.6 Å². The second kappa shape index (κ2) is 5.98. The summed E-state index contributed by atoms with van der Waals surface area (Å²) in [6, 6.07) is 15.2. The lowest BCUT2D eigenvalue weighted by atomic mass is 9.99. The molecule has 5 rings (SSSR count). The SMILES string of the molecule is FC(F)(F)Oc1cccc(C2Nc3ccccc3-c3ncnn4ccc2c34)c1. The minimum absolute atomic E-state index is 0.260. The summed E-state index contributed by atoms with van der Waals surface area (Å²) >= 11 is 0. The van der Waals surface area contributed by atoms with Gasteiger partial charge in [0.05, 0.1) is 11.6 Å². The number of fused-ring (bicyclic) bond motifs is 2. The van der Waals surface area contributed by atoms with E-state index >= 15 is 0 Å². The van der Waals surface area contributed by atoms with Crippen LogP contribution in [0.2, 0.25) is 0 Å². The topological polar surface area (TPSA) is 51.5 Å². The van der Waals surface area contributed by atoms with Gasteiger partial charge in [-0.25, -0.2) is 9.50 Å². The van der Waals surface area contributed by atoms with Gasteiger partial charge in [-0.1, -0.05) is 30.3 Å². The molecule has 8 heteroatoms. The number of nitrogens with zero attached hydrogens (tertiary/aromatic N) is 3. The van der Waals surface area contributed by atoms with Crippen LogP contribution in [-0.2, 0) is 0 Å². The average Bonchev–Trinajstić information content (AvgIpc) is 3.03. The summed E-state index contributed by atoms with van der Waals surface area (Å²) < 4.78 is 43.8. The average molecular weight is 382 g/mol. The zero-order valence-electron chi connectivity index (χ0n) is 14.3. The molecule has 2 aromatic carbocycles. The first kappa shape index (κ1) is 16.6. The van der Waals surface area contributed by atoms with Crippen molar-refractivity contribution in [2.45, 2.75) is 12.4 Å². The molecule has 1 N–H and O–H groups in total. The number of halogens is 3. The zero-order chi connectivity index (χ0) is 19.3. The van der Waals surface area contributed by atoms with Crippen LogP contribution >= 0.6 is 0 Å². The number of hydrogen-bond donors (Lipinski definition) is 1. The van der Waals surface area contributed by atoms with Gasteiger partial charge in [0.15, 0.2) is 0 Å². The van der Waals surface area contributed by atoms with Crippen LogP contribution in [0.1, 0.15) is 17.2 Å². The maximum atomic E-state index is 12.7. The zero-order valence-corrected chi connectivity index (χ0v) is 14.3. The Balaban J connectivity index is 1.70. The maximum Gasteiger partial charge on any atom is 0.573 e. The highest BCUT2D eigenvalue weighted by atomic mass is 19.4. The molecule has 0 fully saturated rings. The third-order valence-electron chi connectivity index (χ3n) is 4.70. The van der Waals surface area contributed by atoms with Crippen molar-refractivity contribution in [2.75, 3.05) is 5.32 Å². The summed E-state index contributed by atoms with van der Waals surface area (Å²) in [5.74, 6) is -0.260. The predicted octanol–water partition coefficient (Wildman–Crippen LogP) is 4.81. The summed E-state index contributed by atoms with van der Waals surface area (Å²) in [6.45, 7) is 0. The third kappa shape index (κ3) is 2.74. The van der Waals surface area contributed by atoms with Crippen LogP contribution in [-0.4, -0.2) is 21.0 Å². The lowest BCUT2D eigenvalue weighted by Gasteiger charge is -2.20. The summed E-state index contributed by atoms with van der Waals surface area (Å²) in [5.41, 5.74) is 4.83. The van der Waals surface area contributed by atoms with Crippen LogP contribution in [0.25, 0.3) is 16.8 Å². The van der Waals surface area contributed by atoms with E-state index in [1.54, 1.807) is 16.6 Å². The van der Waals surface area contributed by atoms with Crippen LogP contribution in [0.3, 0.4) is 0 Å². The van der Waals surface area contributed by atoms with Crippen LogP contribution < -0.4 is 10.1 Å². The summed E-state index contributed by atoms with van der Waals surface area (Å²) in [4.78, 5) is 4.46. The fourth-order valence-electron chi connectivity index (χ4n) is 3.61. The van der Waals surface area contributed by atoms with Crippen molar-refractivity contribution < 1.29 is 17.9 Å². The molecule has 1 aliphatic rings. The highest BCUT2D eigenvalue weighted by Gasteiger charge is 2.32. The number of aromatic nitrogens is 3. The molecule has 140 valence electrons. The van der Waals surface area contributed by atoms with Gasteiger partial charge in [0.1, 0.15) is 17.8 Å². The second-order valence-electron chi connectivity index (χ2n) is 6.42. The van der Waals surface area contributed by atoms with Gasteiger partial charge >= 0.3 is 6.36 Å². The largest absolute Gasteiger partial charge is 0.573 e. The smallest absolute Gasteiger partial charge is 0.406 e. The van der Waals surface area contributed by atoms with Gasteiger partial charge in [-0.3, -0.25) is 0 Å². The van der Waals surface area contributed by atoms with Crippen LogP contribution in [0, 0.1) is 0 Å². The van der Waals surface area contributed by atoms with Gasteiger partial charge in [0, 0.05) is 23.0 Å². The molecule has 0 saturated carbocycles. The van der Waals surface area contributed by atoms with Crippen molar-refractivity contribution in [1.29, 1.82) is 0 Å². The van der Waals surface area contributed by atoms with Gasteiger partial charge < -0.3 is 10.1 Å². The Morgan fingerprint density at radius 1 is 1.04 bits per heavy atom. The molecule has 0 amide bonds. The number of ether oxygens (including phenoxy) is 1. The Morgan fingerprint density at radius 3 is 2.75 bits per heavy atom. The van der Waals surface area contributed by atoms with E-state index in [0.29, 0.717) is 5.56 Å². The van der Waals surface area contributed by atoms with Crippen LogP contribution in [0.4, 0.5) is 18.9 Å². The minimum atomic E-state index is -4.74. The molecule has 3 heterocycles. The fraction of sp³-hybridized carbons (Fsp3) is 0.100. The number of alkyl halides is 3. The molecule has 1 aliphatic heterocycles. The van der Waals surface area contributed by atoms with Gasteiger partial charge in [-0.2, -0.15) is 5.10 Å². The molecule has 0 spiro atoms. The monoisotopic (exact) mass is 382 g/mol. The van der Waals surface area contributed by atoms with Crippen molar-refractivity contribution in [3.8, 4) is 17.0 Å². The molecule has 28 heavy (non-hydrogen) atoms. The molecular formula is C20H13F3N4O. The molecular weight excluding hydrogens is 369 g/mol. The molecule has 1 unspecified atom stereocenters. The summed E-state index contributed by atoms with van der Waals surface area (Å²) in [6.07, 6.45) is -1.44. The fourth-order valence-corrected chi connectivity index (χ4v) is 3.61. The van der Waals surface area contributed by atoms with E-state index in [2.05, 4.69) is 20.1 Å². The number of hydrogen-bond acceptors (Lipinski definition) is 4. The van der Waals surface area contributed by atoms with Gasteiger partial charge in [-0.15, -0.1) is 13.2 Å². The Bertz CT molecular complexity index is 1190. The molecule has 0 aliphatic carbocycles. The standard InChI is InChI=1S/C20H13F3N4O/c21-20(22,23)28-13-5-3-4-12(10-13)17-15-8-9-27-19(15)18(24-11-25-27)14-6-1-2-7-16(14)26-17/h1-11,17,26H. The Labute approximate surface area is 157 Å². The van der Waals surface area contributed by atoms with Crippen LogP contribution in [0.15, 0.2) is 67.1 Å². The number of para-hydroxylation sites is 1. The Hall–Kier alpha value is -3.55. The molecule has 0 saturated heterocycles. The van der Waals surface area contributed by atoms with Crippen molar-refractivity contribution in [3.63, 3.8) is 0 Å². The molecule has 0 radical (unpaired) electrons. The van der Waals surface area contributed by atoms with Gasteiger partial charge in [-0.05, 0) is 29.8 Å². The van der Waals surface area contributed by atoms with Crippen molar-refractivity contribution in [2.24, 2.45) is 0 Å². The first-order valence-electron chi connectivity index (χ1n) is 8.53. The lowest BCUT2D eigenvalue weighted by Crippen LogP contribution is -2.18. The highest BCUT2D eigenvalue weighted by Crippen LogP contribution is 2.41. The van der Waals surface area contributed by atoms with Crippen molar-refractivity contribution >= 4 is 11.2 Å². The normalized spacial score (nSPS) is 15.6. The maximum absolute atomic E-state index is 12.7. The number of nitrogens with one attached hydrogen (secondary N) is 1. The number of rotatable bonds is 2. The highest BCUT2D eigenvalue weighted by molar-refractivity contribution is 5.89. The van der Waals surface area contributed by atoms with E-state index in [0.717, 1.165) is 28.0 Å². The number of benzene rings is 2. The first-order chi connectivity index (χ1) is 13.5. The van der Waals surface area contributed by atoms with E-state index < -0.39 is 12.4 Å². The van der Waals surface area contributed by atoms with Crippen LogP contribution in [0.5, 0.6) is 5.75 Å². The van der Waals surface area contributed by atoms with Crippen molar-refractivity contribution in [3.05, 3.63) is 78.2 Å². The molecule has 1 atom stereocenters. The number of anilines is 1. The quantitative estimate of drug-likeness (QED) is 0.541. The Morgan fingerprint density at radius 2 is 1.89 bits per heavy atom. The van der Waals surface area contributed by atoms with E-state index in [-0.39, 0.29) is 5.75 Å². The van der Waals surface area contributed by atoms with E-state index in [9.17, 15) is 13.2 Å². The second-order valence-corrected chi connectivity index (χ2v) is 6.42. The first-order valence-corrected chi connectivity index (χ1v) is 8.53. The van der Waals surface area contributed by atoms with E-state index in [1.165, 1.54) is 18.5 Å². The Kier molecular flexibility index (Phi) is 3.55. The minimum Gasteiger partial charge on any atom is -0.406 e. The predicted molar refractivity (Wildman–Crippen MR) is 97.0 cm³/mol. The molecule has 0 bridgehead atoms. The van der Waals surface area contributed by atoms with Gasteiger partial charge in [0.25, 0.3) is 0 Å². The molecule has 4 aromatic rings. The summed E-state index contributed by atoms with van der Waals surface area (Å²) in [7, 11) is 0. The molecule has 2 aromatic heterocycles. The molecule has 5 nitrogen and oxygen atoms in total. The van der Waals surface area contributed by atoms with E-state index in [4.69, 9.17) is 0 Å². The third-order valence-corrected chi connectivity index (χ3v) is 4.70. The van der Waals surface area contributed by atoms with Gasteiger partial charge in [0.2, 0.25) is 0 Å².